The van der Waals surface area contributed by atoms with Crippen molar-refractivity contribution in [1.82, 2.24) is 29.7 Å². The number of fused-ring (bicyclic) bond motifs is 1. The summed E-state index contributed by atoms with van der Waals surface area (Å²) in [6.07, 6.45) is -0.694. The molecule has 1 N–H and O–H groups in total. The molecule has 4 aromatic rings. The summed E-state index contributed by atoms with van der Waals surface area (Å²) < 4.78 is 41.4. The lowest BCUT2D eigenvalue weighted by molar-refractivity contribution is -0.136. The first-order chi connectivity index (χ1) is 14.4. The van der Waals surface area contributed by atoms with Crippen LogP contribution in [0.15, 0.2) is 49.2 Å². The van der Waals surface area contributed by atoms with E-state index in [0.29, 0.717) is 17.2 Å². The molecule has 0 saturated carbocycles. The third-order valence-corrected chi connectivity index (χ3v) is 4.38. The molecule has 8 nitrogen and oxygen atoms in total. The van der Waals surface area contributed by atoms with Gasteiger partial charge in [-0.3, -0.25) is 0 Å². The van der Waals surface area contributed by atoms with Gasteiger partial charge in [-0.1, -0.05) is 6.07 Å². The first-order valence-corrected chi connectivity index (χ1v) is 8.72. The van der Waals surface area contributed by atoms with Gasteiger partial charge in [0.05, 0.1) is 22.7 Å². The number of halogens is 3. The highest BCUT2D eigenvalue weighted by atomic mass is 19.4. The largest absolute Gasteiger partial charge is 0.418 e. The van der Waals surface area contributed by atoms with Crippen molar-refractivity contribution < 1.29 is 13.2 Å². The SMILES string of the molecule is CC(Nc1ncnc2c(C(F)(F)F)cccc12)c1ncnn1-c1ccc(C#N)cn1. The molecule has 1 unspecified atom stereocenters. The molecule has 0 aliphatic carbocycles. The molecule has 4 rings (SSSR count). The Labute approximate surface area is 168 Å². The van der Waals surface area contributed by atoms with Crippen molar-refractivity contribution in [2.24, 2.45) is 0 Å². The van der Waals surface area contributed by atoms with Gasteiger partial charge < -0.3 is 5.32 Å². The molecule has 0 aliphatic heterocycles. The molecule has 0 spiro atoms. The van der Waals surface area contributed by atoms with Gasteiger partial charge in [0.2, 0.25) is 0 Å². The molecule has 3 aromatic heterocycles. The van der Waals surface area contributed by atoms with Gasteiger partial charge in [0.15, 0.2) is 11.6 Å². The fourth-order valence-electron chi connectivity index (χ4n) is 3.00. The van der Waals surface area contributed by atoms with E-state index in [9.17, 15) is 13.2 Å². The Balaban J connectivity index is 1.69. The molecule has 0 bridgehead atoms. The van der Waals surface area contributed by atoms with E-state index in [1.54, 1.807) is 19.1 Å². The zero-order valence-corrected chi connectivity index (χ0v) is 15.5. The minimum atomic E-state index is -4.53. The average molecular weight is 410 g/mol. The predicted octanol–water partition coefficient (Wildman–Crippen LogP) is 3.67. The van der Waals surface area contributed by atoms with Crippen molar-refractivity contribution >= 4 is 16.7 Å². The number of aromatic nitrogens is 6. The number of hydrogen-bond donors (Lipinski definition) is 1. The topological polar surface area (TPSA) is 105 Å². The number of pyridine rings is 1. The maximum atomic E-state index is 13.3. The number of alkyl halides is 3. The van der Waals surface area contributed by atoms with E-state index in [-0.39, 0.29) is 16.7 Å². The number of nitrogens with zero attached hydrogens (tertiary/aromatic N) is 7. The quantitative estimate of drug-likeness (QED) is 0.547. The lowest BCUT2D eigenvalue weighted by atomic mass is 10.1. The minimum Gasteiger partial charge on any atom is -0.360 e. The fourth-order valence-corrected chi connectivity index (χ4v) is 3.00. The zero-order chi connectivity index (χ0) is 21.3. The summed E-state index contributed by atoms with van der Waals surface area (Å²) in [5.74, 6) is 1.15. The number of hydrogen-bond acceptors (Lipinski definition) is 7. The Hall–Kier alpha value is -4.07. The second-order valence-electron chi connectivity index (χ2n) is 6.33. The fraction of sp³-hybridized carbons (Fsp3) is 0.158. The van der Waals surface area contributed by atoms with Crippen LogP contribution in [0.4, 0.5) is 19.0 Å². The van der Waals surface area contributed by atoms with Crippen molar-refractivity contribution in [2.75, 3.05) is 5.32 Å². The second kappa shape index (κ2) is 7.40. The third kappa shape index (κ3) is 3.50. The molecular formula is C19H13F3N8. The number of nitriles is 1. The summed E-state index contributed by atoms with van der Waals surface area (Å²) in [5.41, 5.74) is -0.618. The van der Waals surface area contributed by atoms with E-state index >= 15 is 0 Å². The van der Waals surface area contributed by atoms with E-state index < -0.39 is 17.8 Å². The molecule has 0 aliphatic rings. The van der Waals surface area contributed by atoms with E-state index in [2.05, 4.69) is 30.4 Å². The van der Waals surface area contributed by atoms with E-state index in [1.165, 1.54) is 29.3 Å². The molecule has 11 heteroatoms. The van der Waals surface area contributed by atoms with Crippen molar-refractivity contribution in [1.29, 1.82) is 5.26 Å². The Morgan fingerprint density at radius 1 is 1.07 bits per heavy atom. The summed E-state index contributed by atoms with van der Waals surface area (Å²) in [5, 5.41) is 16.4. The van der Waals surface area contributed by atoms with E-state index in [0.717, 1.165) is 12.4 Å². The van der Waals surface area contributed by atoms with Crippen LogP contribution in [0.1, 0.15) is 29.9 Å². The number of nitrogens with one attached hydrogen (secondary N) is 1. The summed E-state index contributed by atoms with van der Waals surface area (Å²) >= 11 is 0. The maximum Gasteiger partial charge on any atom is 0.418 e. The van der Waals surface area contributed by atoms with Gasteiger partial charge in [-0.15, -0.1) is 0 Å². The molecule has 3 heterocycles. The van der Waals surface area contributed by atoms with Crippen LogP contribution in [0.2, 0.25) is 0 Å². The molecule has 0 fully saturated rings. The van der Waals surface area contributed by atoms with Gasteiger partial charge in [-0.25, -0.2) is 19.9 Å². The Bertz CT molecular complexity index is 1240. The van der Waals surface area contributed by atoms with Crippen LogP contribution >= 0.6 is 0 Å². The predicted molar refractivity (Wildman–Crippen MR) is 100 cm³/mol. The Kier molecular flexibility index (Phi) is 4.75. The lowest BCUT2D eigenvalue weighted by Crippen LogP contribution is -2.16. The highest BCUT2D eigenvalue weighted by Gasteiger charge is 2.33. The van der Waals surface area contributed by atoms with Crippen LogP contribution in [0.3, 0.4) is 0 Å². The molecule has 0 radical (unpaired) electrons. The van der Waals surface area contributed by atoms with E-state index in [4.69, 9.17) is 5.26 Å². The van der Waals surface area contributed by atoms with Gasteiger partial charge in [0.1, 0.15) is 24.5 Å². The lowest BCUT2D eigenvalue weighted by Gasteiger charge is -2.17. The number of benzene rings is 1. The van der Waals surface area contributed by atoms with Crippen LogP contribution in [-0.4, -0.2) is 29.7 Å². The monoisotopic (exact) mass is 410 g/mol. The summed E-state index contributed by atoms with van der Waals surface area (Å²) in [6.45, 7) is 1.77. The summed E-state index contributed by atoms with van der Waals surface area (Å²) in [6, 6.07) is 8.55. The van der Waals surface area contributed by atoms with Gasteiger partial charge in [0.25, 0.3) is 0 Å². The van der Waals surface area contributed by atoms with Crippen LogP contribution in [0, 0.1) is 11.3 Å². The van der Waals surface area contributed by atoms with Crippen LogP contribution in [0.5, 0.6) is 0 Å². The smallest absolute Gasteiger partial charge is 0.360 e. The van der Waals surface area contributed by atoms with Crippen molar-refractivity contribution in [3.05, 3.63) is 66.1 Å². The van der Waals surface area contributed by atoms with Gasteiger partial charge in [-0.2, -0.15) is 28.2 Å². The molecule has 1 aromatic carbocycles. The molecule has 0 amide bonds. The van der Waals surface area contributed by atoms with Crippen LogP contribution in [0.25, 0.3) is 16.7 Å². The number of rotatable bonds is 4. The highest BCUT2D eigenvalue weighted by molar-refractivity contribution is 5.91. The average Bonchev–Trinajstić information content (AvgIpc) is 3.23. The summed E-state index contributed by atoms with van der Waals surface area (Å²) in [7, 11) is 0. The maximum absolute atomic E-state index is 13.3. The first-order valence-electron chi connectivity index (χ1n) is 8.72. The summed E-state index contributed by atoms with van der Waals surface area (Å²) in [4.78, 5) is 16.3. The number of anilines is 1. The van der Waals surface area contributed by atoms with Crippen molar-refractivity contribution in [2.45, 2.75) is 19.1 Å². The van der Waals surface area contributed by atoms with E-state index in [1.807, 2.05) is 6.07 Å². The molecule has 1 atom stereocenters. The standard InChI is InChI=1S/C19H13F3N8/c1-11(18-27-10-28-30(18)15-6-5-12(7-23)8-24-15)29-17-13-3-2-4-14(19(20,21)22)16(13)25-9-26-17/h2-6,8-11H,1H3,(H,25,26,29). The molecule has 30 heavy (non-hydrogen) atoms. The third-order valence-electron chi connectivity index (χ3n) is 4.38. The van der Waals surface area contributed by atoms with Gasteiger partial charge >= 0.3 is 6.18 Å². The van der Waals surface area contributed by atoms with Crippen molar-refractivity contribution in [3.8, 4) is 11.9 Å². The first kappa shape index (κ1) is 19.3. The molecular weight excluding hydrogens is 397 g/mol. The van der Waals surface area contributed by atoms with Gasteiger partial charge in [-0.05, 0) is 31.2 Å². The van der Waals surface area contributed by atoms with Crippen molar-refractivity contribution in [3.63, 3.8) is 0 Å². The minimum absolute atomic E-state index is 0.190. The Morgan fingerprint density at radius 3 is 2.60 bits per heavy atom. The van der Waals surface area contributed by atoms with Gasteiger partial charge in [0, 0.05) is 11.6 Å². The highest BCUT2D eigenvalue weighted by Crippen LogP contribution is 2.35. The Morgan fingerprint density at radius 2 is 1.90 bits per heavy atom. The van der Waals surface area contributed by atoms with Crippen LogP contribution < -0.4 is 5.32 Å². The molecule has 150 valence electrons. The normalized spacial score (nSPS) is 12.5. The molecule has 0 saturated heterocycles. The van der Waals surface area contributed by atoms with Crippen LogP contribution in [-0.2, 0) is 6.18 Å². The number of para-hydroxylation sites is 1. The zero-order valence-electron chi connectivity index (χ0n) is 15.5. The second-order valence-corrected chi connectivity index (χ2v) is 6.33.